The molecule has 1 fully saturated rings. The number of nitrogens with zero attached hydrogens (tertiary/aromatic N) is 1. The Bertz CT molecular complexity index is 442. The zero-order valence-corrected chi connectivity index (χ0v) is 10.7. The molecule has 0 bridgehead atoms. The van der Waals surface area contributed by atoms with Gasteiger partial charge in [0.2, 0.25) is 0 Å². The third-order valence-corrected chi connectivity index (χ3v) is 3.35. The Morgan fingerprint density at radius 2 is 2.00 bits per heavy atom. The lowest BCUT2D eigenvalue weighted by Crippen LogP contribution is -2.29. The molecule has 1 heterocycles. The molecule has 19 heavy (non-hydrogen) atoms. The lowest BCUT2D eigenvalue weighted by Gasteiger charge is -2.15. The molecule has 1 unspecified atom stereocenters. The highest BCUT2D eigenvalue weighted by molar-refractivity contribution is 5.70. The number of hydrogen-bond acceptors (Lipinski definition) is 3. The lowest BCUT2D eigenvalue weighted by molar-refractivity contribution is -0.111. The molecule has 1 aliphatic heterocycles. The SMILES string of the molecule is C=C[C@@H]1CN(C(=O)OCc2ccccc2)CC1C=O. The summed E-state index contributed by atoms with van der Waals surface area (Å²) in [5.74, 6) is -0.136. The van der Waals surface area contributed by atoms with E-state index in [0.29, 0.717) is 13.1 Å². The summed E-state index contributed by atoms with van der Waals surface area (Å²) in [5, 5.41) is 0. The molecule has 0 radical (unpaired) electrons. The van der Waals surface area contributed by atoms with E-state index in [4.69, 9.17) is 4.74 Å². The molecule has 1 aromatic carbocycles. The van der Waals surface area contributed by atoms with Crippen molar-refractivity contribution < 1.29 is 14.3 Å². The number of amides is 1. The third-order valence-electron chi connectivity index (χ3n) is 3.35. The molecule has 0 saturated carbocycles. The van der Waals surface area contributed by atoms with Gasteiger partial charge < -0.3 is 14.4 Å². The van der Waals surface area contributed by atoms with Gasteiger partial charge in [0.1, 0.15) is 12.9 Å². The molecule has 100 valence electrons. The Kier molecular flexibility index (Phi) is 4.34. The maximum atomic E-state index is 11.9. The number of rotatable bonds is 4. The van der Waals surface area contributed by atoms with Gasteiger partial charge in [-0.05, 0) is 5.56 Å². The monoisotopic (exact) mass is 259 g/mol. The zero-order chi connectivity index (χ0) is 13.7. The van der Waals surface area contributed by atoms with Crippen LogP contribution in [0, 0.1) is 11.8 Å². The second-order valence-corrected chi connectivity index (χ2v) is 4.64. The van der Waals surface area contributed by atoms with Gasteiger partial charge >= 0.3 is 6.09 Å². The molecule has 2 atom stereocenters. The lowest BCUT2D eigenvalue weighted by atomic mass is 9.98. The van der Waals surface area contributed by atoms with E-state index < -0.39 is 0 Å². The number of aldehydes is 1. The molecular weight excluding hydrogens is 242 g/mol. The minimum absolute atomic E-state index is 0.0294. The first-order valence-electron chi connectivity index (χ1n) is 6.28. The highest BCUT2D eigenvalue weighted by atomic mass is 16.6. The second-order valence-electron chi connectivity index (χ2n) is 4.64. The molecule has 0 N–H and O–H groups in total. The second kappa shape index (κ2) is 6.18. The Morgan fingerprint density at radius 1 is 1.32 bits per heavy atom. The quantitative estimate of drug-likeness (QED) is 0.615. The van der Waals surface area contributed by atoms with Crippen LogP contribution in [0.5, 0.6) is 0 Å². The van der Waals surface area contributed by atoms with E-state index in [2.05, 4.69) is 6.58 Å². The fraction of sp³-hybridized carbons (Fsp3) is 0.333. The van der Waals surface area contributed by atoms with Crippen LogP contribution in [-0.4, -0.2) is 30.4 Å². The van der Waals surface area contributed by atoms with Crippen LogP contribution in [0.1, 0.15) is 5.56 Å². The molecule has 4 nitrogen and oxygen atoms in total. The number of carbonyl (C=O) groups excluding carboxylic acids is 2. The van der Waals surface area contributed by atoms with Gasteiger partial charge in [0.25, 0.3) is 0 Å². The van der Waals surface area contributed by atoms with Gasteiger partial charge in [-0.1, -0.05) is 36.4 Å². The molecule has 0 aliphatic carbocycles. The van der Waals surface area contributed by atoms with Crippen molar-refractivity contribution in [1.29, 1.82) is 0 Å². The predicted octanol–water partition coefficient (Wildman–Crippen LogP) is 2.26. The fourth-order valence-electron chi connectivity index (χ4n) is 2.21. The summed E-state index contributed by atoms with van der Waals surface area (Å²) < 4.78 is 5.23. The van der Waals surface area contributed by atoms with Gasteiger partial charge in [-0.3, -0.25) is 0 Å². The number of benzene rings is 1. The highest BCUT2D eigenvalue weighted by Crippen LogP contribution is 2.23. The van der Waals surface area contributed by atoms with Crippen molar-refractivity contribution >= 4 is 12.4 Å². The summed E-state index contributed by atoms with van der Waals surface area (Å²) in [7, 11) is 0. The van der Waals surface area contributed by atoms with Gasteiger partial charge in [-0.2, -0.15) is 0 Å². The van der Waals surface area contributed by atoms with Crippen LogP contribution in [0.3, 0.4) is 0 Å². The van der Waals surface area contributed by atoms with Crippen LogP contribution < -0.4 is 0 Å². The van der Waals surface area contributed by atoms with E-state index in [0.717, 1.165) is 11.8 Å². The van der Waals surface area contributed by atoms with Crippen molar-refractivity contribution in [3.05, 3.63) is 48.6 Å². The standard InChI is InChI=1S/C15H17NO3/c1-2-13-8-16(9-14(13)10-17)15(18)19-11-12-6-4-3-5-7-12/h2-7,10,13-14H,1,8-9,11H2/t13-,14?/m1/s1. The zero-order valence-electron chi connectivity index (χ0n) is 10.7. The Hall–Kier alpha value is -2.10. The van der Waals surface area contributed by atoms with Crippen LogP contribution in [0.25, 0.3) is 0 Å². The van der Waals surface area contributed by atoms with E-state index in [9.17, 15) is 9.59 Å². The molecule has 4 heteroatoms. The van der Waals surface area contributed by atoms with Gasteiger partial charge in [0, 0.05) is 24.9 Å². The van der Waals surface area contributed by atoms with Crippen LogP contribution >= 0.6 is 0 Å². The molecule has 0 aromatic heterocycles. The molecule has 2 rings (SSSR count). The molecule has 1 aliphatic rings. The van der Waals surface area contributed by atoms with E-state index >= 15 is 0 Å². The molecule has 1 saturated heterocycles. The summed E-state index contributed by atoms with van der Waals surface area (Å²) in [6, 6.07) is 9.51. The highest BCUT2D eigenvalue weighted by Gasteiger charge is 2.33. The van der Waals surface area contributed by atoms with Crippen LogP contribution in [-0.2, 0) is 16.1 Å². The van der Waals surface area contributed by atoms with Gasteiger partial charge in [-0.25, -0.2) is 4.79 Å². The molecule has 1 amide bonds. The Morgan fingerprint density at radius 3 is 2.58 bits per heavy atom. The fourth-order valence-corrected chi connectivity index (χ4v) is 2.21. The first kappa shape index (κ1) is 13.3. The average Bonchev–Trinajstić information content (AvgIpc) is 2.89. The average molecular weight is 259 g/mol. The first-order chi connectivity index (χ1) is 9.24. The first-order valence-corrected chi connectivity index (χ1v) is 6.28. The predicted molar refractivity (Wildman–Crippen MR) is 71.4 cm³/mol. The summed E-state index contributed by atoms with van der Waals surface area (Å²) in [4.78, 5) is 24.4. The Balaban J connectivity index is 1.87. The van der Waals surface area contributed by atoms with Gasteiger partial charge in [-0.15, -0.1) is 6.58 Å². The van der Waals surface area contributed by atoms with Crippen molar-refractivity contribution in [2.24, 2.45) is 11.8 Å². The summed E-state index contributed by atoms with van der Waals surface area (Å²) >= 11 is 0. The summed E-state index contributed by atoms with van der Waals surface area (Å²) in [6.07, 6.45) is 2.24. The number of ether oxygens (including phenoxy) is 1. The van der Waals surface area contributed by atoms with E-state index in [1.54, 1.807) is 11.0 Å². The van der Waals surface area contributed by atoms with Crippen molar-refractivity contribution in [3.63, 3.8) is 0 Å². The molecule has 1 aromatic rings. The summed E-state index contributed by atoms with van der Waals surface area (Å²) in [6.45, 7) is 4.85. The van der Waals surface area contributed by atoms with Crippen LogP contribution in [0.2, 0.25) is 0 Å². The van der Waals surface area contributed by atoms with Crippen molar-refractivity contribution in [2.45, 2.75) is 6.61 Å². The van der Waals surface area contributed by atoms with Crippen LogP contribution in [0.4, 0.5) is 4.79 Å². The third kappa shape index (κ3) is 3.22. The minimum Gasteiger partial charge on any atom is -0.445 e. The largest absolute Gasteiger partial charge is 0.445 e. The summed E-state index contributed by atoms with van der Waals surface area (Å²) in [5.41, 5.74) is 0.947. The number of hydrogen-bond donors (Lipinski definition) is 0. The minimum atomic E-state index is -0.375. The van der Waals surface area contributed by atoms with Crippen molar-refractivity contribution in [1.82, 2.24) is 4.90 Å². The Labute approximate surface area is 112 Å². The molecule has 0 spiro atoms. The number of carbonyl (C=O) groups is 2. The van der Waals surface area contributed by atoms with E-state index in [-0.39, 0.29) is 24.5 Å². The topological polar surface area (TPSA) is 46.6 Å². The van der Waals surface area contributed by atoms with E-state index in [1.807, 2.05) is 30.3 Å². The van der Waals surface area contributed by atoms with Crippen LogP contribution in [0.15, 0.2) is 43.0 Å². The molecular formula is C15H17NO3. The maximum Gasteiger partial charge on any atom is 0.410 e. The van der Waals surface area contributed by atoms with Crippen molar-refractivity contribution in [2.75, 3.05) is 13.1 Å². The number of likely N-dealkylation sites (tertiary alicyclic amines) is 1. The van der Waals surface area contributed by atoms with E-state index in [1.165, 1.54) is 0 Å². The van der Waals surface area contributed by atoms with Gasteiger partial charge in [0.15, 0.2) is 0 Å². The maximum absolute atomic E-state index is 11.9. The smallest absolute Gasteiger partial charge is 0.410 e. The van der Waals surface area contributed by atoms with Crippen molar-refractivity contribution in [3.8, 4) is 0 Å². The normalized spacial score (nSPS) is 22.0. The van der Waals surface area contributed by atoms with Gasteiger partial charge in [0.05, 0.1) is 0 Å².